The Balaban J connectivity index is 1.15. The number of aromatic hydroxyl groups is 2. The number of phenolic OH excluding ortho intramolecular Hbond substituents is 2. The van der Waals surface area contributed by atoms with Crippen LogP contribution in [0.3, 0.4) is 0 Å². The van der Waals surface area contributed by atoms with E-state index in [1.165, 1.54) is 34.1 Å². The second-order valence-electron chi connectivity index (χ2n) is 14.2. The SMILES string of the molecule is C=C1CC(CN(C=O)c2cc(OCCCOc3cc4c(cc3O)C(=O)N3CC(=C)CC3C(C)N4C(=O)OCc3ccc(NC)cc3)c(O)cc2C=O)N(C)C1. The average molecular weight is 754 g/mol. The molecule has 290 valence electrons. The number of hydrogen-bond donors (Lipinski definition) is 3. The molecule has 0 radical (unpaired) electrons. The standard InChI is InChI=1S/C41H47N5O9/c1-25-13-31(43(5)19-25)21-44(24-48)34-17-38(36(49)15-29(34)22-47)53-11-6-12-54-39-18-35-32(16-37(39)50)40(51)45-20-26(2)14-33(45)27(3)46(35)41(52)55-23-28-7-9-30(42-4)10-8-28/h7-10,15-18,22,24,27,31,33,42,49-50H,1-2,6,11-14,19-21,23H2,3-5H3. The molecule has 3 aliphatic rings. The van der Waals surface area contributed by atoms with Crippen molar-refractivity contribution in [1.82, 2.24) is 9.80 Å². The van der Waals surface area contributed by atoms with Gasteiger partial charge in [0.2, 0.25) is 6.41 Å². The lowest BCUT2D eigenvalue weighted by Crippen LogP contribution is -2.49. The number of amides is 3. The first-order valence-electron chi connectivity index (χ1n) is 18.2. The van der Waals surface area contributed by atoms with Crippen LogP contribution in [0.2, 0.25) is 0 Å². The molecule has 0 saturated carbocycles. The molecule has 3 atom stereocenters. The second kappa shape index (κ2) is 16.6. The molecular formula is C41H47N5O9. The number of hydrogen-bond acceptors (Lipinski definition) is 11. The number of aldehydes is 1. The third-order valence-electron chi connectivity index (χ3n) is 10.4. The van der Waals surface area contributed by atoms with Crippen molar-refractivity contribution >= 4 is 41.8 Å². The minimum atomic E-state index is -0.655. The van der Waals surface area contributed by atoms with E-state index in [0.717, 1.165) is 35.4 Å². The molecule has 3 aliphatic heterocycles. The van der Waals surface area contributed by atoms with Crippen LogP contribution in [0.15, 0.2) is 72.8 Å². The number of anilines is 3. The van der Waals surface area contributed by atoms with Crippen molar-refractivity contribution in [3.8, 4) is 23.0 Å². The van der Waals surface area contributed by atoms with Gasteiger partial charge in [0.15, 0.2) is 29.3 Å². The van der Waals surface area contributed by atoms with Crippen LogP contribution in [0.25, 0.3) is 0 Å². The number of phenols is 2. The third kappa shape index (κ3) is 8.24. The molecule has 3 aromatic carbocycles. The molecule has 3 amide bonds. The minimum Gasteiger partial charge on any atom is -0.504 e. The number of nitrogens with zero attached hydrogens (tertiary/aromatic N) is 4. The number of ether oxygens (including phenoxy) is 3. The van der Waals surface area contributed by atoms with E-state index in [2.05, 4.69) is 23.4 Å². The summed E-state index contributed by atoms with van der Waals surface area (Å²) in [7, 11) is 3.76. The first-order chi connectivity index (χ1) is 26.4. The lowest BCUT2D eigenvalue weighted by molar-refractivity contribution is -0.107. The van der Waals surface area contributed by atoms with E-state index in [1.807, 2.05) is 45.3 Å². The number of likely N-dealkylation sites (tertiary alicyclic amines) is 1. The van der Waals surface area contributed by atoms with Gasteiger partial charge in [-0.2, -0.15) is 0 Å². The van der Waals surface area contributed by atoms with Crippen molar-refractivity contribution < 1.29 is 43.6 Å². The molecule has 3 N–H and O–H groups in total. The molecular weight excluding hydrogens is 706 g/mol. The zero-order valence-electron chi connectivity index (χ0n) is 31.3. The summed E-state index contributed by atoms with van der Waals surface area (Å²) < 4.78 is 17.6. The van der Waals surface area contributed by atoms with E-state index in [4.69, 9.17) is 14.2 Å². The van der Waals surface area contributed by atoms with E-state index in [0.29, 0.717) is 44.3 Å². The summed E-state index contributed by atoms with van der Waals surface area (Å²) in [5, 5.41) is 24.7. The van der Waals surface area contributed by atoms with Crippen LogP contribution in [0.5, 0.6) is 23.0 Å². The van der Waals surface area contributed by atoms with Gasteiger partial charge < -0.3 is 39.5 Å². The van der Waals surface area contributed by atoms with E-state index >= 15 is 0 Å². The highest BCUT2D eigenvalue weighted by molar-refractivity contribution is 6.06. The lowest BCUT2D eigenvalue weighted by atomic mass is 10.0. The summed E-state index contributed by atoms with van der Waals surface area (Å²) >= 11 is 0. The number of nitrogens with one attached hydrogen (secondary N) is 1. The predicted octanol–water partition coefficient (Wildman–Crippen LogP) is 5.34. The summed E-state index contributed by atoms with van der Waals surface area (Å²) in [6, 6.07) is 12.1. The first kappa shape index (κ1) is 38.7. The van der Waals surface area contributed by atoms with Crippen LogP contribution in [-0.2, 0) is 16.1 Å². The molecule has 3 heterocycles. The van der Waals surface area contributed by atoms with Crippen LogP contribution in [0.4, 0.5) is 21.9 Å². The minimum absolute atomic E-state index is 0.00790. The molecule has 14 nitrogen and oxygen atoms in total. The van der Waals surface area contributed by atoms with Gasteiger partial charge in [0.1, 0.15) is 6.61 Å². The Hall–Kier alpha value is -6.02. The monoisotopic (exact) mass is 753 g/mol. The van der Waals surface area contributed by atoms with E-state index in [-0.39, 0.29) is 77.6 Å². The summed E-state index contributed by atoms with van der Waals surface area (Å²) in [5.41, 5.74) is 4.45. The van der Waals surface area contributed by atoms with Crippen LogP contribution in [0, 0.1) is 0 Å². The Bertz CT molecular complexity index is 1980. The number of benzene rings is 3. The smallest absolute Gasteiger partial charge is 0.414 e. The van der Waals surface area contributed by atoms with Gasteiger partial charge in [0.05, 0.1) is 42.2 Å². The van der Waals surface area contributed by atoms with Crippen molar-refractivity contribution in [2.24, 2.45) is 0 Å². The van der Waals surface area contributed by atoms with Gasteiger partial charge in [0.25, 0.3) is 5.91 Å². The van der Waals surface area contributed by atoms with Gasteiger partial charge in [-0.25, -0.2) is 4.79 Å². The Morgan fingerprint density at radius 1 is 0.982 bits per heavy atom. The molecule has 0 spiro atoms. The van der Waals surface area contributed by atoms with Gasteiger partial charge in [-0.3, -0.25) is 24.2 Å². The number of fused-ring (bicyclic) bond motifs is 2. The van der Waals surface area contributed by atoms with Crippen LogP contribution in [-0.4, -0.2) is 110 Å². The maximum absolute atomic E-state index is 13.8. The first-order valence-corrected chi connectivity index (χ1v) is 18.2. The van der Waals surface area contributed by atoms with Gasteiger partial charge in [0, 0.05) is 62.5 Å². The Kier molecular flexibility index (Phi) is 11.6. The van der Waals surface area contributed by atoms with E-state index in [9.17, 15) is 29.4 Å². The molecule has 2 saturated heterocycles. The van der Waals surface area contributed by atoms with Crippen molar-refractivity contribution in [2.45, 2.75) is 50.9 Å². The van der Waals surface area contributed by atoms with Gasteiger partial charge >= 0.3 is 6.09 Å². The van der Waals surface area contributed by atoms with Crippen LogP contribution < -0.4 is 24.6 Å². The highest BCUT2D eigenvalue weighted by atomic mass is 16.6. The number of likely N-dealkylation sites (N-methyl/N-ethyl adjacent to an activating group) is 1. The fourth-order valence-electron chi connectivity index (χ4n) is 7.44. The third-order valence-corrected chi connectivity index (χ3v) is 10.4. The maximum atomic E-state index is 13.8. The van der Waals surface area contributed by atoms with Crippen LogP contribution >= 0.6 is 0 Å². The Morgan fingerprint density at radius 3 is 2.29 bits per heavy atom. The molecule has 6 rings (SSSR count). The largest absolute Gasteiger partial charge is 0.504 e. The molecule has 14 heteroatoms. The van der Waals surface area contributed by atoms with Crippen molar-refractivity contribution in [3.05, 3.63) is 89.5 Å². The molecule has 3 aromatic rings. The molecule has 2 fully saturated rings. The fraction of sp³-hybridized carbons (Fsp3) is 0.366. The number of carbonyl (C=O) groups is 4. The maximum Gasteiger partial charge on any atom is 0.414 e. The zero-order chi connectivity index (χ0) is 39.4. The average Bonchev–Trinajstić information content (AvgIpc) is 3.71. The summed E-state index contributed by atoms with van der Waals surface area (Å²) in [4.78, 5) is 58.4. The van der Waals surface area contributed by atoms with E-state index in [1.54, 1.807) is 4.90 Å². The highest BCUT2D eigenvalue weighted by Crippen LogP contribution is 2.42. The summed E-state index contributed by atoms with van der Waals surface area (Å²) in [6.07, 6.45) is 2.10. The highest BCUT2D eigenvalue weighted by Gasteiger charge is 2.45. The van der Waals surface area contributed by atoms with Crippen molar-refractivity contribution in [3.63, 3.8) is 0 Å². The molecule has 0 bridgehead atoms. The summed E-state index contributed by atoms with van der Waals surface area (Å²) in [5.74, 6) is -0.767. The van der Waals surface area contributed by atoms with Gasteiger partial charge in [-0.15, -0.1) is 0 Å². The fourth-order valence-corrected chi connectivity index (χ4v) is 7.44. The second-order valence-corrected chi connectivity index (χ2v) is 14.2. The predicted molar refractivity (Wildman–Crippen MR) is 207 cm³/mol. The van der Waals surface area contributed by atoms with E-state index < -0.39 is 12.1 Å². The Labute approximate surface area is 320 Å². The molecule has 0 aromatic heterocycles. The van der Waals surface area contributed by atoms with Gasteiger partial charge in [-0.05, 0) is 56.6 Å². The van der Waals surface area contributed by atoms with Crippen molar-refractivity contribution in [2.75, 3.05) is 62.1 Å². The quantitative estimate of drug-likeness (QED) is 0.111. The van der Waals surface area contributed by atoms with Gasteiger partial charge in [-0.1, -0.05) is 36.4 Å². The summed E-state index contributed by atoms with van der Waals surface area (Å²) in [6.45, 7) is 11.5. The van der Waals surface area contributed by atoms with Crippen molar-refractivity contribution in [1.29, 1.82) is 0 Å². The van der Waals surface area contributed by atoms with Crippen LogP contribution in [0.1, 0.15) is 52.5 Å². The zero-order valence-corrected chi connectivity index (χ0v) is 31.3. The lowest BCUT2D eigenvalue weighted by Gasteiger charge is -2.33. The molecule has 0 aliphatic carbocycles. The molecule has 55 heavy (non-hydrogen) atoms. The topological polar surface area (TPSA) is 161 Å². The normalized spacial score (nSPS) is 19.4. The number of rotatable bonds is 14. The Morgan fingerprint density at radius 2 is 1.65 bits per heavy atom. The number of carbonyl (C=O) groups excluding carboxylic acids is 4. The molecule has 3 unspecified atom stereocenters.